The molecule has 0 atom stereocenters. The summed E-state index contributed by atoms with van der Waals surface area (Å²) in [5.74, 6) is 0.316. The number of ether oxygens (including phenoxy) is 4. The number of carboxylic acids is 1. The van der Waals surface area contributed by atoms with Crippen molar-refractivity contribution in [3.05, 3.63) is 58.7 Å². The van der Waals surface area contributed by atoms with Crippen LogP contribution in [0.4, 0.5) is 0 Å². The lowest BCUT2D eigenvalue weighted by Crippen LogP contribution is -2.15. The molecule has 0 spiro atoms. The fourth-order valence-corrected chi connectivity index (χ4v) is 3.23. The summed E-state index contributed by atoms with van der Waals surface area (Å²) in [4.78, 5) is 24.5. The van der Waals surface area contributed by atoms with Crippen molar-refractivity contribution in [2.24, 2.45) is 0 Å². The Morgan fingerprint density at radius 3 is 2.16 bits per heavy atom. The summed E-state index contributed by atoms with van der Waals surface area (Å²) < 4.78 is 21.7. The van der Waals surface area contributed by atoms with Gasteiger partial charge in [-0.3, -0.25) is 4.79 Å². The number of aliphatic carboxylic acids is 1. The van der Waals surface area contributed by atoms with Crippen molar-refractivity contribution >= 4 is 11.8 Å². The number of hydrogen-bond donors (Lipinski definition) is 1. The van der Waals surface area contributed by atoms with Gasteiger partial charge in [0.15, 0.2) is 12.4 Å². The molecule has 0 amide bonds. The zero-order chi connectivity index (χ0) is 23.7. The first-order valence-electron chi connectivity index (χ1n) is 10.2. The van der Waals surface area contributed by atoms with E-state index in [1.54, 1.807) is 13.2 Å². The van der Waals surface area contributed by atoms with Gasteiger partial charge in [0.05, 0.1) is 21.3 Å². The Bertz CT molecular complexity index is 971. The summed E-state index contributed by atoms with van der Waals surface area (Å²) in [5, 5.41) is 9.17. The minimum Gasteiger partial charge on any atom is -0.497 e. The quantitative estimate of drug-likeness (QED) is 0.382. The van der Waals surface area contributed by atoms with Gasteiger partial charge in [0.1, 0.15) is 28.6 Å². The smallest absolute Gasteiger partial charge is 0.341 e. The lowest BCUT2D eigenvalue weighted by Gasteiger charge is -2.20. The van der Waals surface area contributed by atoms with Gasteiger partial charge in [-0.25, -0.2) is 4.79 Å². The van der Waals surface area contributed by atoms with Crippen molar-refractivity contribution in [1.82, 2.24) is 0 Å². The molecular formula is C25H30O7. The molecule has 7 nitrogen and oxygen atoms in total. The lowest BCUT2D eigenvalue weighted by molar-refractivity contribution is -0.139. The number of carbonyl (C=O) groups is 2. The van der Waals surface area contributed by atoms with Crippen molar-refractivity contribution in [3.8, 4) is 23.0 Å². The number of carboxylic acid groups (broad SMARTS) is 1. The fourth-order valence-electron chi connectivity index (χ4n) is 3.23. The second-order valence-electron chi connectivity index (χ2n) is 7.40. The summed E-state index contributed by atoms with van der Waals surface area (Å²) in [6.45, 7) is 3.32. The highest BCUT2D eigenvalue weighted by atomic mass is 16.5. The van der Waals surface area contributed by atoms with E-state index in [0.29, 0.717) is 24.2 Å². The maximum absolute atomic E-state index is 13.3. The summed E-state index contributed by atoms with van der Waals surface area (Å²) >= 11 is 0. The number of allylic oxidation sites excluding steroid dienone is 2. The van der Waals surface area contributed by atoms with E-state index < -0.39 is 12.6 Å². The summed E-state index contributed by atoms with van der Waals surface area (Å²) in [6, 6.07) is 9.13. The van der Waals surface area contributed by atoms with Gasteiger partial charge in [-0.15, -0.1) is 0 Å². The van der Waals surface area contributed by atoms with Crippen LogP contribution in [0.3, 0.4) is 0 Å². The van der Waals surface area contributed by atoms with Crippen molar-refractivity contribution in [2.45, 2.75) is 33.1 Å². The average molecular weight is 443 g/mol. The average Bonchev–Trinajstić information content (AvgIpc) is 2.79. The van der Waals surface area contributed by atoms with E-state index in [0.717, 1.165) is 16.9 Å². The van der Waals surface area contributed by atoms with Crippen LogP contribution in [0.1, 0.15) is 41.8 Å². The maximum atomic E-state index is 13.3. The van der Waals surface area contributed by atoms with Gasteiger partial charge < -0.3 is 24.1 Å². The van der Waals surface area contributed by atoms with E-state index >= 15 is 0 Å². The topological polar surface area (TPSA) is 91.3 Å². The van der Waals surface area contributed by atoms with Crippen LogP contribution in [0.2, 0.25) is 0 Å². The largest absolute Gasteiger partial charge is 0.497 e. The summed E-state index contributed by atoms with van der Waals surface area (Å²) in [5.41, 5.74) is 2.87. The van der Waals surface area contributed by atoms with Crippen molar-refractivity contribution in [2.75, 3.05) is 27.9 Å². The zero-order valence-corrected chi connectivity index (χ0v) is 19.2. The highest BCUT2D eigenvalue weighted by Gasteiger charge is 2.26. The standard InChI is InChI=1S/C25H30O7/c1-16(2)6-12-19-21(30-4)14-22(31-5)24(25(19)32-15-23(27)28)20(26)13-9-17-7-10-18(29-3)11-8-17/h6-8,10-11,14H,9,12-13,15H2,1-5H3,(H,27,28). The predicted octanol–water partition coefficient (Wildman–Crippen LogP) is 4.50. The molecule has 7 heteroatoms. The minimum atomic E-state index is -1.14. The molecule has 0 fully saturated rings. The molecular weight excluding hydrogens is 412 g/mol. The molecule has 2 aromatic rings. The third kappa shape index (κ3) is 6.51. The van der Waals surface area contributed by atoms with Gasteiger partial charge in [0.25, 0.3) is 0 Å². The fraction of sp³-hybridized carbons (Fsp3) is 0.360. The molecule has 0 aliphatic carbocycles. The van der Waals surface area contributed by atoms with E-state index in [-0.39, 0.29) is 29.3 Å². The van der Waals surface area contributed by atoms with E-state index in [2.05, 4.69) is 0 Å². The van der Waals surface area contributed by atoms with Crippen LogP contribution in [0, 0.1) is 0 Å². The molecule has 0 aliphatic rings. The Labute approximate surface area is 188 Å². The number of aryl methyl sites for hydroxylation is 1. The van der Waals surface area contributed by atoms with Crippen LogP contribution in [0.5, 0.6) is 23.0 Å². The van der Waals surface area contributed by atoms with Gasteiger partial charge in [0.2, 0.25) is 0 Å². The molecule has 0 saturated heterocycles. The van der Waals surface area contributed by atoms with Crippen LogP contribution < -0.4 is 18.9 Å². The molecule has 0 aromatic heterocycles. The molecule has 0 heterocycles. The van der Waals surface area contributed by atoms with Gasteiger partial charge in [0, 0.05) is 18.1 Å². The number of hydrogen-bond acceptors (Lipinski definition) is 6. The second kappa shape index (κ2) is 11.8. The molecule has 0 saturated carbocycles. The van der Waals surface area contributed by atoms with Gasteiger partial charge in [-0.05, 0) is 44.4 Å². The predicted molar refractivity (Wildman–Crippen MR) is 121 cm³/mol. The Balaban J connectivity index is 2.47. The highest BCUT2D eigenvalue weighted by Crippen LogP contribution is 2.41. The van der Waals surface area contributed by atoms with Crippen molar-refractivity contribution < 1.29 is 33.6 Å². The first kappa shape index (κ1) is 24.8. The first-order valence-corrected chi connectivity index (χ1v) is 10.2. The normalized spacial score (nSPS) is 10.3. The van der Waals surface area contributed by atoms with E-state index in [1.807, 2.05) is 44.2 Å². The number of ketones is 1. The maximum Gasteiger partial charge on any atom is 0.341 e. The molecule has 0 radical (unpaired) electrons. The number of carbonyl (C=O) groups excluding carboxylic acids is 1. The molecule has 1 N–H and O–H groups in total. The van der Waals surface area contributed by atoms with Crippen LogP contribution in [-0.4, -0.2) is 44.8 Å². The van der Waals surface area contributed by atoms with E-state index in [9.17, 15) is 9.59 Å². The van der Waals surface area contributed by atoms with E-state index in [4.69, 9.17) is 24.1 Å². The number of methoxy groups -OCH3 is 3. The van der Waals surface area contributed by atoms with Crippen LogP contribution in [0.25, 0.3) is 0 Å². The zero-order valence-electron chi connectivity index (χ0n) is 19.2. The molecule has 2 aromatic carbocycles. The molecule has 32 heavy (non-hydrogen) atoms. The number of rotatable bonds is 12. The molecule has 172 valence electrons. The SMILES string of the molecule is COc1ccc(CCC(=O)c2c(OC)cc(OC)c(CC=C(C)C)c2OCC(=O)O)cc1. The van der Waals surface area contributed by atoms with Crippen LogP contribution in [-0.2, 0) is 17.6 Å². The van der Waals surface area contributed by atoms with Gasteiger partial charge in [-0.2, -0.15) is 0 Å². The number of Topliss-reactive ketones (excluding diaryl/α,β-unsaturated/α-hetero) is 1. The van der Waals surface area contributed by atoms with Crippen LogP contribution >= 0.6 is 0 Å². The first-order chi connectivity index (χ1) is 15.3. The Morgan fingerprint density at radius 2 is 1.62 bits per heavy atom. The van der Waals surface area contributed by atoms with Crippen molar-refractivity contribution in [3.63, 3.8) is 0 Å². The highest BCUT2D eigenvalue weighted by molar-refractivity contribution is 6.02. The monoisotopic (exact) mass is 442 g/mol. The Kier molecular flexibility index (Phi) is 9.13. The minimum absolute atomic E-state index is 0.181. The summed E-state index contributed by atoms with van der Waals surface area (Å²) in [7, 11) is 4.55. The molecule has 0 unspecified atom stereocenters. The second-order valence-corrected chi connectivity index (χ2v) is 7.40. The third-order valence-corrected chi connectivity index (χ3v) is 4.88. The lowest BCUT2D eigenvalue weighted by atomic mass is 9.96. The Hall–Kier alpha value is -3.48. The number of benzene rings is 2. The van der Waals surface area contributed by atoms with Crippen LogP contribution in [0.15, 0.2) is 42.0 Å². The van der Waals surface area contributed by atoms with Gasteiger partial charge in [-0.1, -0.05) is 23.8 Å². The molecule has 0 bridgehead atoms. The van der Waals surface area contributed by atoms with Gasteiger partial charge >= 0.3 is 5.97 Å². The third-order valence-electron chi connectivity index (χ3n) is 4.88. The molecule has 2 rings (SSSR count). The van der Waals surface area contributed by atoms with E-state index in [1.165, 1.54) is 14.2 Å². The van der Waals surface area contributed by atoms with Crippen molar-refractivity contribution in [1.29, 1.82) is 0 Å². The Morgan fingerprint density at radius 1 is 0.969 bits per heavy atom. The molecule has 0 aliphatic heterocycles. The summed E-state index contributed by atoms with van der Waals surface area (Å²) in [6.07, 6.45) is 3.08.